The third-order valence-corrected chi connectivity index (χ3v) is 8.35. The van der Waals surface area contributed by atoms with Gasteiger partial charge in [0.1, 0.15) is 5.00 Å². The zero-order valence-corrected chi connectivity index (χ0v) is 18.4. The summed E-state index contributed by atoms with van der Waals surface area (Å²) in [7, 11) is 0. The number of esters is 1. The molecule has 1 heterocycles. The lowest BCUT2D eigenvalue weighted by atomic mass is 9.78. The van der Waals surface area contributed by atoms with E-state index < -0.39 is 17.8 Å². The number of fused-ring (bicyclic) bond motifs is 3. The number of carboxylic acids is 1. The highest BCUT2D eigenvalue weighted by Crippen LogP contribution is 2.53. The number of amides is 1. The molecule has 6 nitrogen and oxygen atoms in total. The normalized spacial score (nSPS) is 28.2. The molecule has 30 heavy (non-hydrogen) atoms. The van der Waals surface area contributed by atoms with Crippen molar-refractivity contribution in [3.8, 4) is 0 Å². The van der Waals surface area contributed by atoms with E-state index in [1.54, 1.807) is 6.92 Å². The van der Waals surface area contributed by atoms with Crippen LogP contribution < -0.4 is 5.32 Å². The summed E-state index contributed by atoms with van der Waals surface area (Å²) < 4.78 is 5.33. The SMILES string of the molecule is CCOC(=O)c1c(NC(=O)[C@@H]2[C@H]3CC[C@@H](C3)[C@H]2C(=O)O)sc2c1CCCCCCC2. The largest absolute Gasteiger partial charge is 0.481 e. The van der Waals surface area contributed by atoms with Crippen molar-refractivity contribution >= 4 is 34.2 Å². The second-order valence-electron chi connectivity index (χ2n) is 8.91. The van der Waals surface area contributed by atoms with Crippen LogP contribution in [0.1, 0.15) is 79.1 Å². The first-order valence-electron chi connectivity index (χ1n) is 11.4. The summed E-state index contributed by atoms with van der Waals surface area (Å²) in [6.07, 6.45) is 10.0. The van der Waals surface area contributed by atoms with Gasteiger partial charge in [-0.2, -0.15) is 0 Å². The molecule has 0 aliphatic heterocycles. The van der Waals surface area contributed by atoms with Crippen molar-refractivity contribution in [2.75, 3.05) is 11.9 Å². The molecular formula is C23H31NO5S. The van der Waals surface area contributed by atoms with Gasteiger partial charge in [0.2, 0.25) is 5.91 Å². The van der Waals surface area contributed by atoms with Crippen LogP contribution in [0.2, 0.25) is 0 Å². The van der Waals surface area contributed by atoms with Gasteiger partial charge in [0.25, 0.3) is 0 Å². The molecule has 2 fully saturated rings. The molecular weight excluding hydrogens is 402 g/mol. The number of carbonyl (C=O) groups excluding carboxylic acids is 2. The van der Waals surface area contributed by atoms with E-state index in [1.165, 1.54) is 24.2 Å². The smallest absolute Gasteiger partial charge is 0.341 e. The maximum Gasteiger partial charge on any atom is 0.341 e. The van der Waals surface area contributed by atoms with E-state index in [2.05, 4.69) is 5.32 Å². The van der Waals surface area contributed by atoms with E-state index in [1.807, 2.05) is 0 Å². The van der Waals surface area contributed by atoms with Crippen LogP contribution >= 0.6 is 11.3 Å². The maximum absolute atomic E-state index is 13.2. The minimum Gasteiger partial charge on any atom is -0.481 e. The molecule has 0 saturated heterocycles. The molecule has 4 atom stereocenters. The molecule has 1 aromatic heterocycles. The number of aryl methyl sites for hydroxylation is 1. The van der Waals surface area contributed by atoms with E-state index in [0.717, 1.165) is 61.8 Å². The van der Waals surface area contributed by atoms with E-state index in [4.69, 9.17) is 4.74 Å². The van der Waals surface area contributed by atoms with E-state index in [-0.39, 0.29) is 30.3 Å². The molecule has 1 amide bonds. The third-order valence-electron chi connectivity index (χ3n) is 7.14. The van der Waals surface area contributed by atoms with Crippen LogP contribution in [0.5, 0.6) is 0 Å². The summed E-state index contributed by atoms with van der Waals surface area (Å²) in [5.41, 5.74) is 1.53. The molecule has 164 valence electrons. The Labute approximate surface area is 181 Å². The van der Waals surface area contributed by atoms with E-state index >= 15 is 0 Å². The van der Waals surface area contributed by atoms with Crippen molar-refractivity contribution in [3.05, 3.63) is 16.0 Å². The van der Waals surface area contributed by atoms with Crippen molar-refractivity contribution in [1.29, 1.82) is 0 Å². The minimum atomic E-state index is -0.873. The quantitative estimate of drug-likeness (QED) is 0.659. The van der Waals surface area contributed by atoms with Gasteiger partial charge in [0.15, 0.2) is 0 Å². The van der Waals surface area contributed by atoms with Gasteiger partial charge >= 0.3 is 11.9 Å². The molecule has 2 N–H and O–H groups in total. The van der Waals surface area contributed by atoms with Crippen LogP contribution in [-0.2, 0) is 27.2 Å². The number of thiophene rings is 1. The molecule has 0 spiro atoms. The number of aliphatic carboxylic acids is 1. The van der Waals surface area contributed by atoms with Crippen LogP contribution in [-0.4, -0.2) is 29.6 Å². The lowest BCUT2D eigenvalue weighted by molar-refractivity contribution is -0.148. The number of rotatable bonds is 5. The molecule has 0 radical (unpaired) electrons. The number of carbonyl (C=O) groups is 3. The maximum atomic E-state index is 13.2. The predicted octanol–water partition coefficient (Wildman–Crippen LogP) is 4.66. The summed E-state index contributed by atoms with van der Waals surface area (Å²) in [5.74, 6) is -2.39. The number of anilines is 1. The highest BCUT2D eigenvalue weighted by atomic mass is 32.1. The Morgan fingerprint density at radius 2 is 1.70 bits per heavy atom. The third kappa shape index (κ3) is 4.01. The molecule has 2 saturated carbocycles. The van der Waals surface area contributed by atoms with Gasteiger partial charge in [-0.1, -0.05) is 19.3 Å². The van der Waals surface area contributed by atoms with Gasteiger partial charge in [0.05, 0.1) is 24.0 Å². The highest BCUT2D eigenvalue weighted by molar-refractivity contribution is 7.17. The Kier molecular flexibility index (Phi) is 6.46. The fourth-order valence-electron chi connectivity index (χ4n) is 5.82. The lowest BCUT2D eigenvalue weighted by Crippen LogP contribution is -2.38. The number of hydrogen-bond donors (Lipinski definition) is 2. The first-order valence-corrected chi connectivity index (χ1v) is 12.2. The molecule has 3 aliphatic carbocycles. The highest BCUT2D eigenvalue weighted by Gasteiger charge is 2.54. The van der Waals surface area contributed by atoms with Crippen LogP contribution in [0.3, 0.4) is 0 Å². The number of hydrogen-bond acceptors (Lipinski definition) is 5. The van der Waals surface area contributed by atoms with E-state index in [0.29, 0.717) is 10.6 Å². The standard InChI is InChI=1S/C23H31NO5S/c1-2-29-23(28)19-15-8-6-4-3-5-7-9-16(15)30-21(19)24-20(25)17-13-10-11-14(12-13)18(17)22(26)27/h13-14,17-18H,2-12H2,1H3,(H,24,25)(H,26,27)/t13-,14-,17+,18+/m0/s1. The van der Waals surface area contributed by atoms with Gasteiger partial charge in [0, 0.05) is 4.88 Å². The van der Waals surface area contributed by atoms with E-state index in [9.17, 15) is 19.5 Å². The second-order valence-corrected chi connectivity index (χ2v) is 10.0. The van der Waals surface area contributed by atoms with Gasteiger partial charge in [-0.15, -0.1) is 11.3 Å². The Balaban J connectivity index is 1.63. The van der Waals surface area contributed by atoms with Gasteiger partial charge < -0.3 is 15.2 Å². The summed E-state index contributed by atoms with van der Waals surface area (Å²) in [6.45, 7) is 2.06. The van der Waals surface area contributed by atoms with Crippen LogP contribution in [0.15, 0.2) is 0 Å². The zero-order valence-electron chi connectivity index (χ0n) is 17.6. The molecule has 7 heteroatoms. The topological polar surface area (TPSA) is 92.7 Å². The molecule has 1 aromatic rings. The Morgan fingerprint density at radius 3 is 2.40 bits per heavy atom. The molecule has 2 bridgehead atoms. The first-order chi connectivity index (χ1) is 14.5. The summed E-state index contributed by atoms with van der Waals surface area (Å²) >= 11 is 1.48. The fourth-order valence-corrected chi connectivity index (χ4v) is 7.10. The predicted molar refractivity (Wildman–Crippen MR) is 115 cm³/mol. The molecule has 4 rings (SSSR count). The number of ether oxygens (including phenoxy) is 1. The van der Waals surface area contributed by atoms with Crippen LogP contribution in [0, 0.1) is 23.7 Å². The van der Waals surface area contributed by atoms with Gasteiger partial charge in [-0.05, 0) is 69.3 Å². The molecule has 0 aromatic carbocycles. The zero-order chi connectivity index (χ0) is 21.3. The number of carboxylic acid groups (broad SMARTS) is 1. The first kappa shape index (κ1) is 21.3. The minimum absolute atomic E-state index is 0.0973. The van der Waals surface area contributed by atoms with Crippen molar-refractivity contribution < 1.29 is 24.2 Å². The van der Waals surface area contributed by atoms with Crippen molar-refractivity contribution in [2.45, 2.75) is 71.1 Å². The molecule has 3 aliphatic rings. The van der Waals surface area contributed by atoms with Crippen LogP contribution in [0.4, 0.5) is 5.00 Å². The fraction of sp³-hybridized carbons (Fsp3) is 0.696. The average Bonchev–Trinajstić information content (AvgIpc) is 3.40. The summed E-state index contributed by atoms with van der Waals surface area (Å²) in [4.78, 5) is 39.1. The van der Waals surface area contributed by atoms with Crippen LogP contribution in [0.25, 0.3) is 0 Å². The Hall–Kier alpha value is -1.89. The van der Waals surface area contributed by atoms with Crippen molar-refractivity contribution in [2.24, 2.45) is 23.7 Å². The second kappa shape index (κ2) is 9.08. The van der Waals surface area contributed by atoms with Crippen molar-refractivity contribution in [1.82, 2.24) is 0 Å². The Bertz CT molecular complexity index is 832. The van der Waals surface area contributed by atoms with Gasteiger partial charge in [-0.25, -0.2) is 4.79 Å². The molecule has 0 unspecified atom stereocenters. The monoisotopic (exact) mass is 433 g/mol. The lowest BCUT2D eigenvalue weighted by Gasteiger charge is -2.27. The van der Waals surface area contributed by atoms with Gasteiger partial charge in [-0.3, -0.25) is 9.59 Å². The summed E-state index contributed by atoms with van der Waals surface area (Å²) in [5, 5.41) is 13.2. The Morgan fingerprint density at radius 1 is 1.03 bits per heavy atom. The van der Waals surface area contributed by atoms with Crippen molar-refractivity contribution in [3.63, 3.8) is 0 Å². The summed E-state index contributed by atoms with van der Waals surface area (Å²) in [6, 6.07) is 0. The number of nitrogens with one attached hydrogen (secondary N) is 1. The average molecular weight is 434 g/mol.